The van der Waals surface area contributed by atoms with Crippen molar-refractivity contribution >= 4 is 10.9 Å². The van der Waals surface area contributed by atoms with Gasteiger partial charge in [-0.15, -0.1) is 0 Å². The van der Waals surface area contributed by atoms with Gasteiger partial charge >= 0.3 is 0 Å². The van der Waals surface area contributed by atoms with E-state index < -0.39 is 0 Å². The zero-order valence-electron chi connectivity index (χ0n) is 15.1. The number of benzene rings is 2. The molecule has 1 heterocycles. The number of nitrogens with zero attached hydrogens (tertiary/aromatic N) is 2. The minimum absolute atomic E-state index is 0.00273. The zero-order valence-corrected chi connectivity index (χ0v) is 15.1. The van der Waals surface area contributed by atoms with Gasteiger partial charge in [-0.2, -0.15) is 0 Å². The summed E-state index contributed by atoms with van der Waals surface area (Å²) in [6.07, 6.45) is 0. The van der Waals surface area contributed by atoms with E-state index in [0.717, 1.165) is 22.5 Å². The Morgan fingerprint density at radius 1 is 1.12 bits per heavy atom. The van der Waals surface area contributed by atoms with Gasteiger partial charge in [0.1, 0.15) is 5.82 Å². The number of hydrogen-bond donors (Lipinski definition) is 1. The van der Waals surface area contributed by atoms with E-state index in [2.05, 4.69) is 13.8 Å². The lowest BCUT2D eigenvalue weighted by Gasteiger charge is -2.23. The quantitative estimate of drug-likeness (QED) is 0.777. The Bertz CT molecular complexity index is 929. The van der Waals surface area contributed by atoms with Crippen LogP contribution in [-0.4, -0.2) is 16.1 Å². The van der Waals surface area contributed by atoms with Crippen molar-refractivity contribution in [1.29, 1.82) is 0 Å². The van der Waals surface area contributed by atoms with Crippen LogP contribution in [0, 0.1) is 12.8 Å². The van der Waals surface area contributed by atoms with Gasteiger partial charge in [-0.3, -0.25) is 9.36 Å². The number of rotatable bonds is 5. The summed E-state index contributed by atoms with van der Waals surface area (Å²) < 4.78 is 1.80. The van der Waals surface area contributed by atoms with Gasteiger partial charge in [-0.1, -0.05) is 50.2 Å². The van der Waals surface area contributed by atoms with Gasteiger partial charge in [-0.25, -0.2) is 4.98 Å². The molecule has 0 bridgehead atoms. The molecule has 0 aliphatic carbocycles. The maximum atomic E-state index is 13.2. The lowest BCUT2D eigenvalue weighted by Crippen LogP contribution is -2.31. The fraction of sp³-hybridized carbons (Fsp3) is 0.333. The third kappa shape index (κ3) is 3.49. The minimum Gasteiger partial charge on any atom is -0.330 e. The molecular formula is C21H25N3O. The second-order valence-electron chi connectivity index (χ2n) is 6.95. The first-order chi connectivity index (χ1) is 12.0. The molecule has 4 heteroatoms. The van der Waals surface area contributed by atoms with Gasteiger partial charge in [0, 0.05) is 12.5 Å². The van der Waals surface area contributed by atoms with Crippen molar-refractivity contribution in [2.45, 2.75) is 33.2 Å². The number of fused-ring (bicyclic) bond motifs is 1. The fourth-order valence-electron chi connectivity index (χ4n) is 3.23. The molecule has 0 fully saturated rings. The molecule has 130 valence electrons. The van der Waals surface area contributed by atoms with Crippen LogP contribution in [0.2, 0.25) is 0 Å². The molecule has 0 amide bonds. The van der Waals surface area contributed by atoms with Crippen LogP contribution in [0.1, 0.15) is 36.7 Å². The molecule has 1 unspecified atom stereocenters. The topological polar surface area (TPSA) is 60.9 Å². The maximum absolute atomic E-state index is 13.2. The lowest BCUT2D eigenvalue weighted by atomic mass is 9.94. The van der Waals surface area contributed by atoms with Crippen molar-refractivity contribution < 1.29 is 0 Å². The van der Waals surface area contributed by atoms with E-state index in [-0.39, 0.29) is 11.5 Å². The molecule has 1 aromatic heterocycles. The smallest absolute Gasteiger partial charge is 0.261 e. The highest BCUT2D eigenvalue weighted by atomic mass is 16.1. The second-order valence-corrected chi connectivity index (χ2v) is 6.95. The highest BCUT2D eigenvalue weighted by molar-refractivity contribution is 5.78. The zero-order chi connectivity index (χ0) is 18.0. The van der Waals surface area contributed by atoms with Crippen LogP contribution in [0.5, 0.6) is 0 Å². The lowest BCUT2D eigenvalue weighted by molar-refractivity contribution is 0.458. The third-order valence-corrected chi connectivity index (χ3v) is 4.71. The molecule has 1 atom stereocenters. The Labute approximate surface area is 148 Å². The Kier molecular flexibility index (Phi) is 5.00. The predicted octanol–water partition coefficient (Wildman–Crippen LogP) is 3.45. The average Bonchev–Trinajstić information content (AvgIpc) is 2.59. The summed E-state index contributed by atoms with van der Waals surface area (Å²) in [5.41, 5.74) is 8.97. The summed E-state index contributed by atoms with van der Waals surface area (Å²) in [6, 6.07) is 15.8. The van der Waals surface area contributed by atoms with Crippen molar-refractivity contribution in [3.8, 4) is 0 Å². The Hall–Kier alpha value is -2.46. The van der Waals surface area contributed by atoms with Crippen molar-refractivity contribution in [3.63, 3.8) is 0 Å². The van der Waals surface area contributed by atoms with Crippen molar-refractivity contribution in [3.05, 3.63) is 75.8 Å². The Balaban J connectivity index is 2.25. The second kappa shape index (κ2) is 7.19. The maximum Gasteiger partial charge on any atom is 0.261 e. The van der Waals surface area contributed by atoms with E-state index >= 15 is 0 Å². The van der Waals surface area contributed by atoms with Crippen LogP contribution in [0.3, 0.4) is 0 Å². The molecular weight excluding hydrogens is 310 g/mol. The highest BCUT2D eigenvalue weighted by Gasteiger charge is 2.22. The summed E-state index contributed by atoms with van der Waals surface area (Å²) >= 11 is 0. The largest absolute Gasteiger partial charge is 0.330 e. The van der Waals surface area contributed by atoms with Gasteiger partial charge in [0.2, 0.25) is 0 Å². The minimum atomic E-state index is 0.00273. The van der Waals surface area contributed by atoms with Gasteiger partial charge < -0.3 is 5.73 Å². The first-order valence-electron chi connectivity index (χ1n) is 8.76. The molecule has 2 N–H and O–H groups in total. The summed E-state index contributed by atoms with van der Waals surface area (Å²) in [7, 11) is 0. The standard InChI is InChI=1S/C21H25N3O/c1-14(2)18(12-22)20-23-19-11-15(3)9-10-17(19)21(25)24(20)13-16-7-5-4-6-8-16/h4-11,14,18H,12-13,22H2,1-3H3. The number of aryl methyl sites for hydroxylation is 1. The summed E-state index contributed by atoms with van der Waals surface area (Å²) in [5.74, 6) is 1.13. The molecule has 3 rings (SSSR count). The number of hydrogen-bond acceptors (Lipinski definition) is 3. The average molecular weight is 335 g/mol. The first kappa shape index (κ1) is 17.4. The first-order valence-corrected chi connectivity index (χ1v) is 8.76. The molecule has 0 aliphatic rings. The van der Waals surface area contributed by atoms with Crippen molar-refractivity contribution in [2.75, 3.05) is 6.54 Å². The summed E-state index contributed by atoms with van der Waals surface area (Å²) in [6.45, 7) is 7.23. The van der Waals surface area contributed by atoms with Crippen LogP contribution in [-0.2, 0) is 6.54 Å². The van der Waals surface area contributed by atoms with E-state index in [1.807, 2.05) is 55.5 Å². The molecule has 3 aromatic rings. The molecule has 0 saturated carbocycles. The molecule has 0 spiro atoms. The van der Waals surface area contributed by atoms with Crippen LogP contribution in [0.4, 0.5) is 0 Å². The van der Waals surface area contributed by atoms with E-state index in [1.165, 1.54) is 0 Å². The fourth-order valence-corrected chi connectivity index (χ4v) is 3.23. The van der Waals surface area contributed by atoms with Gasteiger partial charge in [0.15, 0.2) is 0 Å². The van der Waals surface area contributed by atoms with Crippen LogP contribution in [0.15, 0.2) is 53.3 Å². The van der Waals surface area contributed by atoms with Crippen LogP contribution in [0.25, 0.3) is 10.9 Å². The predicted molar refractivity (Wildman–Crippen MR) is 103 cm³/mol. The normalized spacial score (nSPS) is 12.7. The molecule has 4 nitrogen and oxygen atoms in total. The van der Waals surface area contributed by atoms with Crippen LogP contribution >= 0.6 is 0 Å². The molecule has 2 aromatic carbocycles. The number of aromatic nitrogens is 2. The van der Waals surface area contributed by atoms with E-state index in [0.29, 0.717) is 24.4 Å². The number of nitrogens with two attached hydrogens (primary N) is 1. The molecule has 0 saturated heterocycles. The van der Waals surface area contributed by atoms with Gasteiger partial charge in [0.05, 0.1) is 17.4 Å². The summed E-state index contributed by atoms with van der Waals surface area (Å²) in [5, 5.41) is 0.657. The monoisotopic (exact) mass is 335 g/mol. The molecule has 25 heavy (non-hydrogen) atoms. The van der Waals surface area contributed by atoms with Gasteiger partial charge in [0.25, 0.3) is 5.56 Å². The van der Waals surface area contributed by atoms with Crippen molar-refractivity contribution in [1.82, 2.24) is 9.55 Å². The van der Waals surface area contributed by atoms with E-state index in [1.54, 1.807) is 4.57 Å². The SMILES string of the molecule is Cc1ccc2c(=O)n(Cc3ccccc3)c(C(CN)C(C)C)nc2c1. The third-order valence-electron chi connectivity index (χ3n) is 4.71. The van der Waals surface area contributed by atoms with Crippen molar-refractivity contribution in [2.24, 2.45) is 11.7 Å². The molecule has 0 aliphatic heterocycles. The van der Waals surface area contributed by atoms with Gasteiger partial charge in [-0.05, 0) is 36.1 Å². The van der Waals surface area contributed by atoms with E-state index in [4.69, 9.17) is 10.7 Å². The van der Waals surface area contributed by atoms with Crippen LogP contribution < -0.4 is 11.3 Å². The summed E-state index contributed by atoms with van der Waals surface area (Å²) in [4.78, 5) is 18.1. The molecule has 0 radical (unpaired) electrons. The Morgan fingerprint density at radius 3 is 2.48 bits per heavy atom. The van der Waals surface area contributed by atoms with E-state index in [9.17, 15) is 4.79 Å². The highest BCUT2D eigenvalue weighted by Crippen LogP contribution is 2.23. The Morgan fingerprint density at radius 2 is 1.84 bits per heavy atom.